The minimum absolute atomic E-state index is 0.0362. The lowest BCUT2D eigenvalue weighted by Gasteiger charge is -2.10. The fourth-order valence-electron chi connectivity index (χ4n) is 1.80. The zero-order valence-corrected chi connectivity index (χ0v) is 11.1. The molecule has 0 saturated carbocycles. The normalized spacial score (nSPS) is 23.0. The van der Waals surface area contributed by atoms with Crippen LogP contribution in [0.15, 0.2) is 0 Å². The molecule has 2 heterocycles. The maximum absolute atomic E-state index is 12.2. The molecule has 1 saturated heterocycles. The molecular weight excluding hydrogens is 297 g/mol. The SMILES string of the molecule is NC[C@H]1CC[C@@H](C(=O)Nc2nnc(CC(F)(F)F)s2)O1. The molecule has 1 aliphatic heterocycles. The molecular formula is C10H13F3N4O2S. The highest BCUT2D eigenvalue weighted by atomic mass is 32.1. The molecule has 112 valence electrons. The maximum atomic E-state index is 12.2. The lowest BCUT2D eigenvalue weighted by Crippen LogP contribution is -2.29. The van der Waals surface area contributed by atoms with Crippen molar-refractivity contribution in [3.63, 3.8) is 0 Å². The number of rotatable bonds is 4. The molecule has 1 aliphatic rings. The van der Waals surface area contributed by atoms with E-state index >= 15 is 0 Å². The van der Waals surface area contributed by atoms with Crippen LogP contribution in [0.25, 0.3) is 0 Å². The number of aromatic nitrogens is 2. The second-order valence-corrected chi connectivity index (χ2v) is 5.40. The molecule has 20 heavy (non-hydrogen) atoms. The summed E-state index contributed by atoms with van der Waals surface area (Å²) >= 11 is 0.699. The number of nitrogens with one attached hydrogen (secondary N) is 1. The highest BCUT2D eigenvalue weighted by Crippen LogP contribution is 2.26. The Bertz CT molecular complexity index is 479. The van der Waals surface area contributed by atoms with Gasteiger partial charge in [-0.2, -0.15) is 13.2 Å². The number of anilines is 1. The summed E-state index contributed by atoms with van der Waals surface area (Å²) in [6.45, 7) is 0.332. The Labute approximate surface area is 116 Å². The first-order valence-electron chi connectivity index (χ1n) is 5.93. The fraction of sp³-hybridized carbons (Fsp3) is 0.700. The van der Waals surface area contributed by atoms with Crippen LogP contribution in [0.3, 0.4) is 0 Å². The number of nitrogens with two attached hydrogens (primary N) is 1. The van der Waals surface area contributed by atoms with E-state index in [0.717, 1.165) is 0 Å². The van der Waals surface area contributed by atoms with Gasteiger partial charge in [-0.15, -0.1) is 10.2 Å². The summed E-state index contributed by atoms with van der Waals surface area (Å²) in [5.74, 6) is -0.435. The van der Waals surface area contributed by atoms with Gasteiger partial charge in [0.25, 0.3) is 5.91 Å². The highest BCUT2D eigenvalue weighted by Gasteiger charge is 2.32. The zero-order valence-electron chi connectivity index (χ0n) is 10.3. The van der Waals surface area contributed by atoms with E-state index in [9.17, 15) is 18.0 Å². The van der Waals surface area contributed by atoms with Crippen molar-refractivity contribution in [1.82, 2.24) is 10.2 Å². The Hall–Kier alpha value is -1.26. The topological polar surface area (TPSA) is 90.1 Å². The monoisotopic (exact) mass is 310 g/mol. The maximum Gasteiger partial charge on any atom is 0.395 e. The summed E-state index contributed by atoms with van der Waals surface area (Å²) in [5, 5.41) is 9.14. The smallest absolute Gasteiger partial charge is 0.364 e. The van der Waals surface area contributed by atoms with Gasteiger partial charge in [-0.25, -0.2) is 0 Å². The van der Waals surface area contributed by atoms with Crippen LogP contribution in [0.2, 0.25) is 0 Å². The molecule has 0 radical (unpaired) electrons. The lowest BCUT2D eigenvalue weighted by molar-refractivity contribution is -0.127. The molecule has 3 N–H and O–H groups in total. The fourth-order valence-corrected chi connectivity index (χ4v) is 2.58. The minimum Gasteiger partial charge on any atom is -0.364 e. The van der Waals surface area contributed by atoms with Crippen molar-refractivity contribution in [2.24, 2.45) is 5.73 Å². The first-order chi connectivity index (χ1) is 9.37. The predicted octanol–water partition coefficient (Wildman–Crippen LogP) is 1.09. The van der Waals surface area contributed by atoms with Crippen molar-refractivity contribution >= 4 is 22.4 Å². The van der Waals surface area contributed by atoms with Gasteiger partial charge >= 0.3 is 6.18 Å². The van der Waals surface area contributed by atoms with Gasteiger partial charge in [-0.05, 0) is 12.8 Å². The Morgan fingerprint density at radius 3 is 2.80 bits per heavy atom. The second kappa shape index (κ2) is 6.02. The van der Waals surface area contributed by atoms with Crippen LogP contribution < -0.4 is 11.1 Å². The molecule has 1 amide bonds. The van der Waals surface area contributed by atoms with Gasteiger partial charge in [0.15, 0.2) is 0 Å². The number of hydrogen-bond acceptors (Lipinski definition) is 6. The number of halogens is 3. The molecule has 6 nitrogen and oxygen atoms in total. The number of nitrogens with zero attached hydrogens (tertiary/aromatic N) is 2. The van der Waals surface area contributed by atoms with E-state index in [-0.39, 0.29) is 16.2 Å². The summed E-state index contributed by atoms with van der Waals surface area (Å²) in [7, 11) is 0. The van der Waals surface area contributed by atoms with Crippen LogP contribution in [0.1, 0.15) is 17.8 Å². The summed E-state index contributed by atoms with van der Waals surface area (Å²) in [4.78, 5) is 11.8. The summed E-state index contributed by atoms with van der Waals surface area (Å²) in [6.07, 6.45) is -5.08. The standard InChI is InChI=1S/C10H13F3N4O2S/c11-10(12,13)3-7-16-17-9(20-7)15-8(18)6-2-1-5(4-14)19-6/h5-6H,1-4,14H2,(H,15,17,18)/t5-,6+/m1/s1. The highest BCUT2D eigenvalue weighted by molar-refractivity contribution is 7.15. The molecule has 0 bridgehead atoms. The number of alkyl halides is 3. The van der Waals surface area contributed by atoms with Crippen LogP contribution >= 0.6 is 11.3 Å². The van der Waals surface area contributed by atoms with Crippen molar-refractivity contribution in [3.8, 4) is 0 Å². The van der Waals surface area contributed by atoms with Crippen LogP contribution in [-0.4, -0.2) is 41.0 Å². The number of carbonyl (C=O) groups is 1. The quantitative estimate of drug-likeness (QED) is 0.869. The van der Waals surface area contributed by atoms with Crippen LogP contribution in [0.5, 0.6) is 0 Å². The van der Waals surface area contributed by atoms with Crippen molar-refractivity contribution in [1.29, 1.82) is 0 Å². The van der Waals surface area contributed by atoms with E-state index in [0.29, 0.717) is 30.7 Å². The van der Waals surface area contributed by atoms with Gasteiger partial charge < -0.3 is 10.5 Å². The van der Waals surface area contributed by atoms with E-state index in [2.05, 4.69) is 15.5 Å². The number of ether oxygens (including phenoxy) is 1. The lowest BCUT2D eigenvalue weighted by atomic mass is 10.2. The van der Waals surface area contributed by atoms with Crippen LogP contribution in [0, 0.1) is 0 Å². The Morgan fingerprint density at radius 2 is 2.20 bits per heavy atom. The molecule has 1 fully saturated rings. The third-order valence-corrected chi connectivity index (χ3v) is 3.55. The molecule has 0 spiro atoms. The van der Waals surface area contributed by atoms with Gasteiger partial charge in [-0.1, -0.05) is 11.3 Å². The van der Waals surface area contributed by atoms with Crippen molar-refractivity contribution < 1.29 is 22.7 Å². The average Bonchev–Trinajstić information content (AvgIpc) is 2.96. The second-order valence-electron chi connectivity index (χ2n) is 4.34. The summed E-state index contributed by atoms with van der Waals surface area (Å²) in [5.41, 5.74) is 5.43. The third kappa shape index (κ3) is 4.12. The molecule has 1 aromatic rings. The molecule has 2 rings (SSSR count). The van der Waals surface area contributed by atoms with Crippen molar-refractivity contribution in [3.05, 3.63) is 5.01 Å². The first-order valence-corrected chi connectivity index (χ1v) is 6.74. The molecule has 0 aliphatic carbocycles. The Morgan fingerprint density at radius 1 is 1.45 bits per heavy atom. The molecule has 0 unspecified atom stereocenters. The minimum atomic E-state index is -4.34. The average molecular weight is 310 g/mol. The van der Waals surface area contributed by atoms with E-state index < -0.39 is 24.6 Å². The first kappa shape index (κ1) is 15.1. The van der Waals surface area contributed by atoms with Gasteiger partial charge in [0.05, 0.1) is 12.5 Å². The van der Waals surface area contributed by atoms with E-state index in [1.54, 1.807) is 0 Å². The van der Waals surface area contributed by atoms with Gasteiger partial charge in [0.2, 0.25) is 5.13 Å². The molecule has 2 atom stereocenters. The van der Waals surface area contributed by atoms with Crippen LogP contribution in [-0.2, 0) is 16.0 Å². The van der Waals surface area contributed by atoms with E-state index in [4.69, 9.17) is 10.5 Å². The van der Waals surface area contributed by atoms with Gasteiger partial charge in [0.1, 0.15) is 11.1 Å². The van der Waals surface area contributed by atoms with Crippen molar-refractivity contribution in [2.75, 3.05) is 11.9 Å². The molecule has 10 heteroatoms. The summed E-state index contributed by atoms with van der Waals surface area (Å²) in [6, 6.07) is 0. The number of carbonyl (C=O) groups excluding carboxylic acids is 1. The number of hydrogen-bond donors (Lipinski definition) is 2. The van der Waals surface area contributed by atoms with Crippen molar-refractivity contribution in [2.45, 2.75) is 37.6 Å². The predicted molar refractivity (Wildman–Crippen MR) is 65.2 cm³/mol. The van der Waals surface area contributed by atoms with Gasteiger partial charge in [-0.3, -0.25) is 10.1 Å². The van der Waals surface area contributed by atoms with Gasteiger partial charge in [0, 0.05) is 6.54 Å². The van der Waals surface area contributed by atoms with E-state index in [1.165, 1.54) is 0 Å². The van der Waals surface area contributed by atoms with Crippen LogP contribution in [0.4, 0.5) is 18.3 Å². The number of amides is 1. The largest absolute Gasteiger partial charge is 0.395 e. The Kier molecular flexibility index (Phi) is 4.55. The summed E-state index contributed by atoms with van der Waals surface area (Å²) < 4.78 is 41.9. The van der Waals surface area contributed by atoms with E-state index in [1.807, 2.05) is 0 Å². The Balaban J connectivity index is 1.89. The molecule has 0 aromatic carbocycles. The molecule has 1 aromatic heterocycles. The third-order valence-electron chi connectivity index (χ3n) is 2.71. The zero-order chi connectivity index (χ0) is 14.8.